The summed E-state index contributed by atoms with van der Waals surface area (Å²) in [5, 5.41) is 2.57. The maximum absolute atomic E-state index is 12.8. The van der Waals surface area contributed by atoms with Crippen LogP contribution in [0.15, 0.2) is 54.6 Å². The standard InChI is InChI=1S/C19H20F3N3O/c20-19(21,22)16-7-4-8-17(13-16)23-18(26)25-11-9-24(10-12-25)14-15-5-2-1-3-6-15/h1-8,13H,9-12,14H2,(H,23,26)/p+1. The number of urea groups is 1. The maximum Gasteiger partial charge on any atom is 0.416 e. The molecule has 0 bridgehead atoms. The van der Waals surface area contributed by atoms with E-state index in [1.165, 1.54) is 22.6 Å². The first-order valence-corrected chi connectivity index (χ1v) is 8.52. The van der Waals surface area contributed by atoms with Crippen molar-refractivity contribution in [2.75, 3.05) is 31.5 Å². The molecule has 0 atom stereocenters. The maximum atomic E-state index is 12.8. The predicted octanol–water partition coefficient (Wildman–Crippen LogP) is 2.64. The molecular weight excluding hydrogens is 343 g/mol. The van der Waals surface area contributed by atoms with Gasteiger partial charge in [-0.3, -0.25) is 0 Å². The van der Waals surface area contributed by atoms with Crippen molar-refractivity contribution in [2.45, 2.75) is 12.7 Å². The van der Waals surface area contributed by atoms with Crippen molar-refractivity contribution in [3.63, 3.8) is 0 Å². The molecule has 1 aliphatic rings. The lowest BCUT2D eigenvalue weighted by Crippen LogP contribution is -3.13. The highest BCUT2D eigenvalue weighted by Crippen LogP contribution is 2.30. The van der Waals surface area contributed by atoms with E-state index >= 15 is 0 Å². The second kappa shape index (κ2) is 7.78. The smallest absolute Gasteiger partial charge is 0.328 e. The number of alkyl halides is 3. The zero-order valence-electron chi connectivity index (χ0n) is 14.2. The number of hydrogen-bond donors (Lipinski definition) is 2. The van der Waals surface area contributed by atoms with Crippen LogP contribution in [0.5, 0.6) is 0 Å². The fourth-order valence-corrected chi connectivity index (χ4v) is 3.06. The Kier molecular flexibility index (Phi) is 5.46. The highest BCUT2D eigenvalue weighted by atomic mass is 19.4. The third kappa shape index (κ3) is 4.76. The number of halogens is 3. The third-order valence-electron chi connectivity index (χ3n) is 4.50. The monoisotopic (exact) mass is 364 g/mol. The number of amides is 2. The summed E-state index contributed by atoms with van der Waals surface area (Å²) in [4.78, 5) is 15.4. The van der Waals surface area contributed by atoms with Crippen LogP contribution in [0.4, 0.5) is 23.7 Å². The van der Waals surface area contributed by atoms with Gasteiger partial charge in [-0.15, -0.1) is 0 Å². The summed E-state index contributed by atoms with van der Waals surface area (Å²) in [6.45, 7) is 3.68. The van der Waals surface area contributed by atoms with Gasteiger partial charge in [-0.05, 0) is 18.2 Å². The minimum atomic E-state index is -4.42. The van der Waals surface area contributed by atoms with Crippen molar-refractivity contribution in [3.05, 3.63) is 65.7 Å². The van der Waals surface area contributed by atoms with E-state index < -0.39 is 11.7 Å². The molecule has 2 aromatic carbocycles. The van der Waals surface area contributed by atoms with Crippen molar-refractivity contribution in [2.24, 2.45) is 0 Å². The van der Waals surface area contributed by atoms with Crippen molar-refractivity contribution in [1.29, 1.82) is 0 Å². The highest BCUT2D eigenvalue weighted by molar-refractivity contribution is 5.89. The molecule has 1 fully saturated rings. The van der Waals surface area contributed by atoms with Crippen molar-refractivity contribution in [1.82, 2.24) is 4.90 Å². The Bertz CT molecular complexity index is 741. The van der Waals surface area contributed by atoms with Gasteiger partial charge in [0, 0.05) is 11.3 Å². The van der Waals surface area contributed by atoms with Crippen molar-refractivity contribution in [3.8, 4) is 0 Å². The van der Waals surface area contributed by atoms with E-state index in [0.717, 1.165) is 31.8 Å². The van der Waals surface area contributed by atoms with Gasteiger partial charge in [0.1, 0.15) is 6.54 Å². The van der Waals surface area contributed by atoms with Crippen molar-refractivity contribution >= 4 is 11.7 Å². The zero-order chi connectivity index (χ0) is 18.6. The van der Waals surface area contributed by atoms with Crippen LogP contribution in [-0.2, 0) is 12.7 Å². The first kappa shape index (κ1) is 18.3. The Labute approximate surface area is 150 Å². The van der Waals surface area contributed by atoms with Crippen LogP contribution in [0.3, 0.4) is 0 Å². The van der Waals surface area contributed by atoms with E-state index in [0.29, 0.717) is 13.1 Å². The molecule has 1 heterocycles. The topological polar surface area (TPSA) is 36.8 Å². The minimum Gasteiger partial charge on any atom is -0.328 e. The average Bonchev–Trinajstić information content (AvgIpc) is 2.63. The Balaban J connectivity index is 1.52. The molecule has 2 aromatic rings. The number of carbonyl (C=O) groups is 1. The number of nitrogens with one attached hydrogen (secondary N) is 2. The van der Waals surface area contributed by atoms with E-state index in [4.69, 9.17) is 0 Å². The Morgan fingerprint density at radius 2 is 1.73 bits per heavy atom. The summed E-state index contributed by atoms with van der Waals surface area (Å²) in [5.74, 6) is 0. The number of piperazine rings is 1. The summed E-state index contributed by atoms with van der Waals surface area (Å²) in [5.41, 5.74) is 0.640. The van der Waals surface area contributed by atoms with Crippen LogP contribution < -0.4 is 10.2 Å². The quantitative estimate of drug-likeness (QED) is 0.863. The van der Waals surface area contributed by atoms with Gasteiger partial charge in [0.05, 0.1) is 31.7 Å². The summed E-state index contributed by atoms with van der Waals surface area (Å²) in [7, 11) is 0. The first-order chi connectivity index (χ1) is 12.4. The molecular formula is C19H21F3N3O+. The molecule has 0 saturated carbocycles. The molecule has 0 spiro atoms. The van der Waals surface area contributed by atoms with Crippen LogP contribution in [0.1, 0.15) is 11.1 Å². The summed E-state index contributed by atoms with van der Waals surface area (Å²) < 4.78 is 38.3. The highest BCUT2D eigenvalue weighted by Gasteiger charge is 2.31. The van der Waals surface area contributed by atoms with Gasteiger partial charge >= 0.3 is 12.2 Å². The van der Waals surface area contributed by atoms with Gasteiger partial charge in [0.2, 0.25) is 0 Å². The summed E-state index contributed by atoms with van der Waals surface area (Å²) >= 11 is 0. The number of benzene rings is 2. The van der Waals surface area contributed by atoms with Crippen LogP contribution in [0, 0.1) is 0 Å². The van der Waals surface area contributed by atoms with Gasteiger partial charge in [-0.25, -0.2) is 4.79 Å². The van der Waals surface area contributed by atoms with E-state index in [-0.39, 0.29) is 11.7 Å². The van der Waals surface area contributed by atoms with E-state index in [1.54, 1.807) is 4.90 Å². The van der Waals surface area contributed by atoms with Crippen molar-refractivity contribution < 1.29 is 22.9 Å². The van der Waals surface area contributed by atoms with Gasteiger partial charge in [-0.2, -0.15) is 13.2 Å². The molecule has 0 aliphatic carbocycles. The molecule has 0 radical (unpaired) electrons. The van der Waals surface area contributed by atoms with Gasteiger partial charge in [0.15, 0.2) is 0 Å². The van der Waals surface area contributed by atoms with Crippen LogP contribution >= 0.6 is 0 Å². The lowest BCUT2D eigenvalue weighted by molar-refractivity contribution is -0.917. The molecule has 0 aromatic heterocycles. The minimum absolute atomic E-state index is 0.156. The number of quaternary nitrogens is 1. The second-order valence-corrected chi connectivity index (χ2v) is 6.41. The molecule has 3 rings (SSSR count). The lowest BCUT2D eigenvalue weighted by atomic mass is 10.2. The summed E-state index contributed by atoms with van der Waals surface area (Å²) in [6.07, 6.45) is -4.42. The first-order valence-electron chi connectivity index (χ1n) is 8.52. The number of nitrogens with zero attached hydrogens (tertiary/aromatic N) is 1. The molecule has 2 amide bonds. The zero-order valence-corrected chi connectivity index (χ0v) is 14.2. The van der Waals surface area contributed by atoms with Gasteiger partial charge in [-0.1, -0.05) is 36.4 Å². The van der Waals surface area contributed by atoms with Gasteiger partial charge < -0.3 is 15.1 Å². The molecule has 138 valence electrons. The Morgan fingerprint density at radius 1 is 1.04 bits per heavy atom. The molecule has 0 unspecified atom stereocenters. The van der Waals surface area contributed by atoms with Crippen LogP contribution in [0.25, 0.3) is 0 Å². The number of carbonyl (C=O) groups excluding carboxylic acids is 1. The average molecular weight is 364 g/mol. The SMILES string of the molecule is O=C(Nc1cccc(C(F)(F)F)c1)N1CC[NH+](Cc2ccccc2)CC1. The lowest BCUT2D eigenvalue weighted by Gasteiger charge is -2.32. The largest absolute Gasteiger partial charge is 0.416 e. The predicted molar refractivity (Wildman–Crippen MR) is 92.9 cm³/mol. The van der Waals surface area contributed by atoms with Crippen LogP contribution in [-0.4, -0.2) is 37.1 Å². The third-order valence-corrected chi connectivity index (χ3v) is 4.50. The molecule has 2 N–H and O–H groups in total. The molecule has 4 nitrogen and oxygen atoms in total. The van der Waals surface area contributed by atoms with Gasteiger partial charge in [0.25, 0.3) is 0 Å². The van der Waals surface area contributed by atoms with Crippen LogP contribution in [0.2, 0.25) is 0 Å². The number of rotatable bonds is 3. The second-order valence-electron chi connectivity index (χ2n) is 6.41. The normalized spacial score (nSPS) is 15.7. The molecule has 1 saturated heterocycles. The van der Waals surface area contributed by atoms with E-state index in [1.807, 2.05) is 18.2 Å². The molecule has 7 heteroatoms. The molecule has 1 aliphatic heterocycles. The summed E-state index contributed by atoms with van der Waals surface area (Å²) in [6, 6.07) is 14.5. The Hall–Kier alpha value is -2.54. The Morgan fingerprint density at radius 3 is 2.38 bits per heavy atom. The molecule has 26 heavy (non-hydrogen) atoms. The number of anilines is 1. The van der Waals surface area contributed by atoms with E-state index in [9.17, 15) is 18.0 Å². The number of hydrogen-bond acceptors (Lipinski definition) is 1. The fraction of sp³-hybridized carbons (Fsp3) is 0.316. The fourth-order valence-electron chi connectivity index (χ4n) is 3.06. The van der Waals surface area contributed by atoms with E-state index in [2.05, 4.69) is 17.4 Å².